The monoisotopic (exact) mass is 270 g/mol. The van der Waals surface area contributed by atoms with Gasteiger partial charge in [0.15, 0.2) is 0 Å². The number of hydrogen-bond donors (Lipinski definition) is 2. The Labute approximate surface area is 98.0 Å². The lowest BCUT2D eigenvalue weighted by molar-refractivity contribution is 0.01000. The normalized spacial score (nSPS) is 20.1. The van der Waals surface area contributed by atoms with E-state index in [1.165, 1.54) is 0 Å². The van der Waals surface area contributed by atoms with Crippen molar-refractivity contribution in [3.8, 4) is 0 Å². The molecule has 1 aromatic rings. The number of halogens is 1. The molecule has 3 nitrogen and oxygen atoms in total. The van der Waals surface area contributed by atoms with Crippen LogP contribution in [0.5, 0.6) is 0 Å². The standard InChI is InChI=1S/C11H15BrN2O/c12-10-3-1-2-9(14-10)8-11(15)4-6-13-7-5-11/h1-3,13,15H,4-8H2. The topological polar surface area (TPSA) is 45.2 Å². The minimum absolute atomic E-state index is 0.570. The molecule has 0 radical (unpaired) electrons. The van der Waals surface area contributed by atoms with Crippen LogP contribution in [0.4, 0.5) is 0 Å². The van der Waals surface area contributed by atoms with Crippen LogP contribution in [0.1, 0.15) is 18.5 Å². The summed E-state index contributed by atoms with van der Waals surface area (Å²) in [6.45, 7) is 1.79. The Bertz CT molecular complexity index is 337. The number of rotatable bonds is 2. The molecule has 82 valence electrons. The van der Waals surface area contributed by atoms with Crippen LogP contribution in [0, 0.1) is 0 Å². The fourth-order valence-electron chi connectivity index (χ4n) is 1.95. The predicted octanol–water partition coefficient (Wildman–Crippen LogP) is 1.50. The maximum atomic E-state index is 10.3. The fourth-order valence-corrected chi connectivity index (χ4v) is 2.34. The zero-order valence-corrected chi connectivity index (χ0v) is 10.1. The maximum Gasteiger partial charge on any atom is 0.106 e. The number of piperidine rings is 1. The van der Waals surface area contributed by atoms with Crippen molar-refractivity contribution in [2.24, 2.45) is 0 Å². The van der Waals surface area contributed by atoms with Crippen LogP contribution < -0.4 is 5.32 Å². The summed E-state index contributed by atoms with van der Waals surface area (Å²) in [5, 5.41) is 13.6. The Morgan fingerprint density at radius 1 is 1.40 bits per heavy atom. The van der Waals surface area contributed by atoms with Gasteiger partial charge in [-0.2, -0.15) is 0 Å². The highest BCUT2D eigenvalue weighted by molar-refractivity contribution is 9.10. The molecular formula is C11H15BrN2O. The van der Waals surface area contributed by atoms with Crippen LogP contribution in [0.15, 0.2) is 22.8 Å². The van der Waals surface area contributed by atoms with Crippen LogP contribution >= 0.6 is 15.9 Å². The van der Waals surface area contributed by atoms with Crippen LogP contribution in [-0.4, -0.2) is 28.8 Å². The first-order valence-corrected chi connectivity index (χ1v) is 6.02. The number of aromatic nitrogens is 1. The van der Waals surface area contributed by atoms with E-state index >= 15 is 0 Å². The van der Waals surface area contributed by atoms with Gasteiger partial charge in [0.2, 0.25) is 0 Å². The van der Waals surface area contributed by atoms with Crippen molar-refractivity contribution in [2.45, 2.75) is 24.9 Å². The summed E-state index contributed by atoms with van der Waals surface area (Å²) in [4.78, 5) is 4.35. The first-order valence-electron chi connectivity index (χ1n) is 5.23. The van der Waals surface area contributed by atoms with E-state index in [-0.39, 0.29) is 0 Å². The molecule has 0 aromatic carbocycles. The van der Waals surface area contributed by atoms with Gasteiger partial charge < -0.3 is 10.4 Å². The summed E-state index contributed by atoms with van der Waals surface area (Å²) in [6.07, 6.45) is 2.26. The summed E-state index contributed by atoms with van der Waals surface area (Å²) >= 11 is 3.34. The molecule has 0 bridgehead atoms. The SMILES string of the molecule is OC1(Cc2cccc(Br)n2)CCNCC1. The van der Waals surface area contributed by atoms with Gasteiger partial charge in [-0.15, -0.1) is 0 Å². The smallest absolute Gasteiger partial charge is 0.106 e. The summed E-state index contributed by atoms with van der Waals surface area (Å²) in [6, 6.07) is 5.82. The minimum atomic E-state index is -0.570. The number of nitrogens with zero attached hydrogens (tertiary/aromatic N) is 1. The van der Waals surface area contributed by atoms with Gasteiger partial charge in [-0.3, -0.25) is 0 Å². The molecule has 0 unspecified atom stereocenters. The Morgan fingerprint density at radius 2 is 2.13 bits per heavy atom. The second-order valence-corrected chi connectivity index (χ2v) is 4.92. The third kappa shape index (κ3) is 3.00. The number of aliphatic hydroxyl groups is 1. The molecule has 0 aliphatic carbocycles. The first kappa shape index (κ1) is 11.0. The van der Waals surface area contributed by atoms with Crippen molar-refractivity contribution >= 4 is 15.9 Å². The fraction of sp³-hybridized carbons (Fsp3) is 0.545. The predicted molar refractivity (Wildman–Crippen MR) is 62.7 cm³/mol. The van der Waals surface area contributed by atoms with Crippen LogP contribution in [0.25, 0.3) is 0 Å². The molecule has 1 aromatic heterocycles. The molecule has 15 heavy (non-hydrogen) atoms. The van der Waals surface area contributed by atoms with E-state index in [1.807, 2.05) is 18.2 Å². The van der Waals surface area contributed by atoms with E-state index in [0.717, 1.165) is 36.2 Å². The zero-order valence-electron chi connectivity index (χ0n) is 8.54. The Hall–Kier alpha value is -0.450. The average molecular weight is 271 g/mol. The van der Waals surface area contributed by atoms with Crippen molar-refractivity contribution in [3.05, 3.63) is 28.5 Å². The quantitative estimate of drug-likeness (QED) is 0.801. The van der Waals surface area contributed by atoms with E-state index < -0.39 is 5.60 Å². The summed E-state index contributed by atoms with van der Waals surface area (Å²) in [7, 11) is 0. The molecule has 2 rings (SSSR count). The van der Waals surface area contributed by atoms with E-state index in [2.05, 4.69) is 26.2 Å². The molecule has 2 N–H and O–H groups in total. The van der Waals surface area contributed by atoms with Crippen molar-refractivity contribution in [2.75, 3.05) is 13.1 Å². The average Bonchev–Trinajstić information content (AvgIpc) is 2.18. The highest BCUT2D eigenvalue weighted by Gasteiger charge is 2.29. The van der Waals surface area contributed by atoms with Gasteiger partial charge >= 0.3 is 0 Å². The zero-order chi connectivity index (χ0) is 10.7. The molecule has 1 saturated heterocycles. The minimum Gasteiger partial charge on any atom is -0.389 e. The molecule has 0 saturated carbocycles. The van der Waals surface area contributed by atoms with Crippen LogP contribution in [0.3, 0.4) is 0 Å². The highest BCUT2D eigenvalue weighted by Crippen LogP contribution is 2.22. The largest absolute Gasteiger partial charge is 0.389 e. The van der Waals surface area contributed by atoms with Crippen molar-refractivity contribution < 1.29 is 5.11 Å². The lowest BCUT2D eigenvalue weighted by Gasteiger charge is -2.32. The number of pyridine rings is 1. The highest BCUT2D eigenvalue weighted by atomic mass is 79.9. The summed E-state index contributed by atoms with van der Waals surface area (Å²) in [5.74, 6) is 0. The van der Waals surface area contributed by atoms with Gasteiger partial charge in [0.05, 0.1) is 5.60 Å². The maximum absolute atomic E-state index is 10.3. The van der Waals surface area contributed by atoms with Crippen LogP contribution in [0.2, 0.25) is 0 Å². The van der Waals surface area contributed by atoms with Gasteiger partial charge in [0.25, 0.3) is 0 Å². The van der Waals surface area contributed by atoms with E-state index in [1.54, 1.807) is 0 Å². The second-order valence-electron chi connectivity index (χ2n) is 4.10. The molecule has 0 atom stereocenters. The molecule has 1 fully saturated rings. The summed E-state index contributed by atoms with van der Waals surface area (Å²) in [5.41, 5.74) is 0.382. The lowest BCUT2D eigenvalue weighted by Crippen LogP contribution is -2.43. The van der Waals surface area contributed by atoms with E-state index in [9.17, 15) is 5.11 Å². The molecule has 0 spiro atoms. The molecule has 2 heterocycles. The van der Waals surface area contributed by atoms with Gasteiger partial charge in [-0.1, -0.05) is 6.07 Å². The second kappa shape index (κ2) is 4.60. The third-order valence-corrected chi connectivity index (χ3v) is 3.26. The Morgan fingerprint density at radius 3 is 2.80 bits per heavy atom. The Kier molecular flexibility index (Phi) is 3.38. The number of hydrogen-bond acceptors (Lipinski definition) is 3. The third-order valence-electron chi connectivity index (χ3n) is 2.82. The van der Waals surface area contributed by atoms with Gasteiger partial charge in [-0.25, -0.2) is 4.98 Å². The van der Waals surface area contributed by atoms with Crippen molar-refractivity contribution in [3.63, 3.8) is 0 Å². The number of nitrogens with one attached hydrogen (secondary N) is 1. The van der Waals surface area contributed by atoms with Gasteiger partial charge in [-0.05, 0) is 54.0 Å². The first-order chi connectivity index (χ1) is 7.18. The van der Waals surface area contributed by atoms with E-state index in [0.29, 0.717) is 6.42 Å². The van der Waals surface area contributed by atoms with Crippen molar-refractivity contribution in [1.29, 1.82) is 0 Å². The van der Waals surface area contributed by atoms with E-state index in [4.69, 9.17) is 0 Å². The Balaban J connectivity index is 2.06. The molecule has 1 aliphatic rings. The van der Waals surface area contributed by atoms with Gasteiger partial charge in [0.1, 0.15) is 4.60 Å². The van der Waals surface area contributed by atoms with Crippen molar-refractivity contribution in [1.82, 2.24) is 10.3 Å². The van der Waals surface area contributed by atoms with Gasteiger partial charge in [0, 0.05) is 12.1 Å². The van der Waals surface area contributed by atoms with Crippen LogP contribution in [-0.2, 0) is 6.42 Å². The molecular weight excluding hydrogens is 256 g/mol. The summed E-state index contributed by atoms with van der Waals surface area (Å²) < 4.78 is 0.831. The molecule has 4 heteroatoms. The lowest BCUT2D eigenvalue weighted by atomic mass is 9.88. The molecule has 0 amide bonds. The molecule has 1 aliphatic heterocycles.